The predicted octanol–water partition coefficient (Wildman–Crippen LogP) is 6.83. The van der Waals surface area contributed by atoms with E-state index in [0.29, 0.717) is 27.8 Å². The Bertz CT molecular complexity index is 1610. The first-order valence-electron chi connectivity index (χ1n) is 11.2. The molecule has 8 heteroatoms. The monoisotopic (exact) mass is 501 g/mol. The van der Waals surface area contributed by atoms with Crippen LogP contribution >= 0.6 is 11.6 Å². The first kappa shape index (κ1) is 23.5. The number of aromatic nitrogens is 2. The van der Waals surface area contributed by atoms with Gasteiger partial charge in [-0.05, 0) is 70.9 Å². The third-order valence-corrected chi connectivity index (χ3v) is 6.47. The van der Waals surface area contributed by atoms with E-state index in [1.54, 1.807) is 30.3 Å². The highest BCUT2D eigenvalue weighted by Crippen LogP contribution is 2.50. The lowest BCUT2D eigenvalue weighted by Crippen LogP contribution is -2.01. The van der Waals surface area contributed by atoms with Gasteiger partial charge in [-0.2, -0.15) is 9.65 Å². The molecule has 1 saturated carbocycles. The van der Waals surface area contributed by atoms with Crippen LogP contribution < -0.4 is 0 Å². The van der Waals surface area contributed by atoms with Gasteiger partial charge in [0.15, 0.2) is 0 Å². The van der Waals surface area contributed by atoms with E-state index in [1.807, 2.05) is 12.1 Å². The van der Waals surface area contributed by atoms with E-state index < -0.39 is 17.7 Å². The number of aromatic amines is 1. The zero-order valence-corrected chi connectivity index (χ0v) is 19.5. The van der Waals surface area contributed by atoms with Crippen molar-refractivity contribution in [3.63, 3.8) is 0 Å². The lowest BCUT2D eigenvalue weighted by atomic mass is 9.84. The summed E-state index contributed by atoms with van der Waals surface area (Å²) in [6, 6.07) is 16.9. The highest BCUT2D eigenvalue weighted by atomic mass is 35.5. The van der Waals surface area contributed by atoms with Gasteiger partial charge in [0, 0.05) is 11.6 Å². The van der Waals surface area contributed by atoms with Crippen molar-refractivity contribution in [1.29, 1.82) is 5.26 Å². The first-order valence-corrected chi connectivity index (χ1v) is 11.5. The molecule has 3 aromatic carbocycles. The van der Waals surface area contributed by atoms with Crippen molar-refractivity contribution in [3.8, 4) is 6.07 Å². The van der Waals surface area contributed by atoms with Gasteiger partial charge in [-0.15, -0.1) is 5.10 Å². The highest BCUT2D eigenvalue weighted by Gasteiger charge is 2.33. The quantitative estimate of drug-likeness (QED) is 0.224. The summed E-state index contributed by atoms with van der Waals surface area (Å²) in [5.74, 6) is -2.18. The van der Waals surface area contributed by atoms with Gasteiger partial charge in [0.1, 0.15) is 11.9 Å². The Morgan fingerprint density at radius 2 is 1.83 bits per heavy atom. The largest absolute Gasteiger partial charge is 0.478 e. The number of rotatable bonds is 6. The standard InChI is InChI=1S/C28H18ClF2N3O2/c29-22-13-18(30)8-9-20(22)26(17-6-7-17)25(16-4-1-15(2-5-16)3-12-24(35)36)19-10-11-23-27(21(19)14-32)28(31)34-33-23/h1-5,8-13,17H,6-7H2,(H,33,34)(H,35,36)/b12-3+,26-25+. The molecule has 1 aliphatic rings. The van der Waals surface area contributed by atoms with Crippen LogP contribution in [0.25, 0.3) is 28.1 Å². The Kier molecular flexibility index (Phi) is 6.13. The molecular weight excluding hydrogens is 484 g/mol. The van der Waals surface area contributed by atoms with Crippen LogP contribution in [-0.2, 0) is 4.79 Å². The number of carbonyl (C=O) groups is 1. The molecule has 1 heterocycles. The van der Waals surface area contributed by atoms with Crippen LogP contribution in [0.3, 0.4) is 0 Å². The number of nitriles is 1. The number of hydrogen-bond acceptors (Lipinski definition) is 3. The molecule has 4 aromatic rings. The summed E-state index contributed by atoms with van der Waals surface area (Å²) in [6.45, 7) is 0. The van der Waals surface area contributed by atoms with Crippen molar-refractivity contribution in [3.05, 3.63) is 105 Å². The van der Waals surface area contributed by atoms with Crippen LogP contribution in [0.5, 0.6) is 0 Å². The second-order valence-corrected chi connectivity index (χ2v) is 8.92. The van der Waals surface area contributed by atoms with E-state index in [0.717, 1.165) is 30.1 Å². The van der Waals surface area contributed by atoms with E-state index >= 15 is 0 Å². The summed E-state index contributed by atoms with van der Waals surface area (Å²) in [5, 5.41) is 25.6. The minimum absolute atomic E-state index is 0.0915. The Balaban J connectivity index is 1.82. The third kappa shape index (κ3) is 4.39. The number of benzene rings is 3. The highest BCUT2D eigenvalue weighted by molar-refractivity contribution is 6.33. The number of carboxylic acid groups (broad SMARTS) is 1. The summed E-state index contributed by atoms with van der Waals surface area (Å²) in [6.07, 6.45) is 4.29. The van der Waals surface area contributed by atoms with Gasteiger partial charge < -0.3 is 5.11 Å². The van der Waals surface area contributed by atoms with Crippen molar-refractivity contribution in [1.82, 2.24) is 10.2 Å². The minimum Gasteiger partial charge on any atom is -0.478 e. The Morgan fingerprint density at radius 1 is 1.11 bits per heavy atom. The zero-order valence-electron chi connectivity index (χ0n) is 18.7. The molecule has 5 rings (SSSR count). The fourth-order valence-corrected chi connectivity index (χ4v) is 4.69. The maximum Gasteiger partial charge on any atom is 0.328 e. The SMILES string of the molecule is N#Cc1c(/C(=C(/c2ccc(F)cc2Cl)C2CC2)c2ccc(/C=C/C(=O)O)cc2)ccc2[nH]nc(F)c12. The van der Waals surface area contributed by atoms with Crippen molar-refractivity contribution >= 4 is 45.7 Å². The third-order valence-electron chi connectivity index (χ3n) is 6.16. The number of fused-ring (bicyclic) bond motifs is 1. The van der Waals surface area contributed by atoms with Crippen LogP contribution in [-0.4, -0.2) is 21.3 Å². The lowest BCUT2D eigenvalue weighted by Gasteiger charge is -2.19. The first-order chi connectivity index (χ1) is 17.4. The van der Waals surface area contributed by atoms with Crippen LogP contribution in [0.2, 0.25) is 5.02 Å². The number of carboxylic acids is 1. The zero-order chi connectivity index (χ0) is 25.4. The summed E-state index contributed by atoms with van der Waals surface area (Å²) < 4.78 is 28.5. The van der Waals surface area contributed by atoms with Gasteiger partial charge in [0.25, 0.3) is 0 Å². The van der Waals surface area contributed by atoms with E-state index in [2.05, 4.69) is 16.3 Å². The molecule has 0 saturated heterocycles. The Morgan fingerprint density at radius 3 is 2.47 bits per heavy atom. The van der Waals surface area contributed by atoms with Crippen LogP contribution in [0.4, 0.5) is 8.78 Å². The van der Waals surface area contributed by atoms with Gasteiger partial charge in [0.05, 0.1) is 21.5 Å². The molecule has 0 bridgehead atoms. The maximum absolute atomic E-state index is 14.6. The van der Waals surface area contributed by atoms with Crippen molar-refractivity contribution in [2.45, 2.75) is 12.8 Å². The summed E-state index contributed by atoms with van der Waals surface area (Å²) in [5.41, 5.74) is 4.58. The van der Waals surface area contributed by atoms with Crippen molar-refractivity contribution in [2.75, 3.05) is 0 Å². The number of nitrogens with zero attached hydrogens (tertiary/aromatic N) is 2. The normalized spacial score (nSPS) is 14.2. The molecule has 0 unspecified atom stereocenters. The van der Waals surface area contributed by atoms with Gasteiger partial charge >= 0.3 is 5.97 Å². The number of aliphatic carboxylic acids is 1. The molecule has 1 fully saturated rings. The van der Waals surface area contributed by atoms with E-state index in [9.17, 15) is 18.8 Å². The predicted molar refractivity (Wildman–Crippen MR) is 134 cm³/mol. The number of halogens is 3. The molecule has 0 amide bonds. The average Bonchev–Trinajstić information content (AvgIpc) is 3.63. The molecule has 36 heavy (non-hydrogen) atoms. The van der Waals surface area contributed by atoms with Crippen LogP contribution in [0.1, 0.15) is 40.7 Å². The average molecular weight is 502 g/mol. The molecule has 1 aliphatic carbocycles. The molecule has 2 N–H and O–H groups in total. The maximum atomic E-state index is 14.6. The lowest BCUT2D eigenvalue weighted by molar-refractivity contribution is -0.131. The molecule has 1 aromatic heterocycles. The van der Waals surface area contributed by atoms with Gasteiger partial charge in [-0.25, -0.2) is 9.18 Å². The molecule has 0 atom stereocenters. The van der Waals surface area contributed by atoms with Crippen LogP contribution in [0.15, 0.2) is 60.7 Å². The van der Waals surface area contributed by atoms with E-state index in [1.165, 1.54) is 18.2 Å². The Hall–Kier alpha value is -4.28. The summed E-state index contributed by atoms with van der Waals surface area (Å²) in [4.78, 5) is 10.9. The number of allylic oxidation sites excluding steroid dienone is 1. The van der Waals surface area contributed by atoms with Crippen LogP contribution in [0, 0.1) is 29.0 Å². The second-order valence-electron chi connectivity index (χ2n) is 8.52. The van der Waals surface area contributed by atoms with Gasteiger partial charge in [-0.3, -0.25) is 5.10 Å². The van der Waals surface area contributed by atoms with Crippen molar-refractivity contribution < 1.29 is 18.7 Å². The molecule has 0 aliphatic heterocycles. The fourth-order valence-electron chi connectivity index (χ4n) is 4.42. The summed E-state index contributed by atoms with van der Waals surface area (Å²) in [7, 11) is 0. The van der Waals surface area contributed by atoms with Gasteiger partial charge in [0.2, 0.25) is 5.95 Å². The molecule has 5 nitrogen and oxygen atoms in total. The molecule has 0 radical (unpaired) electrons. The number of nitrogens with one attached hydrogen (secondary N) is 1. The van der Waals surface area contributed by atoms with Gasteiger partial charge in [-0.1, -0.05) is 48.0 Å². The van der Waals surface area contributed by atoms with Crippen molar-refractivity contribution in [2.24, 2.45) is 5.92 Å². The summed E-state index contributed by atoms with van der Waals surface area (Å²) >= 11 is 6.51. The molecule has 178 valence electrons. The van der Waals surface area contributed by atoms with E-state index in [-0.39, 0.29) is 21.9 Å². The second kappa shape index (κ2) is 9.40. The fraction of sp³-hybridized carbons (Fsp3) is 0.107. The number of hydrogen-bond donors (Lipinski definition) is 2. The minimum atomic E-state index is -1.06. The Labute approximate surface area is 210 Å². The number of H-pyrrole nitrogens is 1. The molecule has 0 spiro atoms. The smallest absolute Gasteiger partial charge is 0.328 e. The molecular formula is C28H18ClF2N3O2. The topological polar surface area (TPSA) is 89.8 Å². The van der Waals surface area contributed by atoms with E-state index in [4.69, 9.17) is 16.7 Å².